The van der Waals surface area contributed by atoms with Gasteiger partial charge in [-0.1, -0.05) is 66.7 Å². The van der Waals surface area contributed by atoms with E-state index in [0.29, 0.717) is 11.1 Å². The van der Waals surface area contributed by atoms with Crippen LogP contribution in [0.25, 0.3) is 0 Å². The van der Waals surface area contributed by atoms with E-state index < -0.39 is 201 Å². The van der Waals surface area contributed by atoms with Crippen LogP contribution in [0.2, 0.25) is 0 Å². The lowest BCUT2D eigenvalue weighted by Crippen LogP contribution is -2.75. The van der Waals surface area contributed by atoms with Gasteiger partial charge >= 0.3 is 55.4 Å². The number of Topliss-reactive ketones (excluding diaryl/α,β-unsaturated/α-hetero) is 1. The molecule has 0 saturated carbocycles. The van der Waals surface area contributed by atoms with Crippen LogP contribution in [0, 0.1) is 0 Å². The summed E-state index contributed by atoms with van der Waals surface area (Å²) in [7, 11) is 1.32. The fourth-order valence-electron chi connectivity index (χ4n) is 7.80. The number of benzene rings is 5. The normalized spacial score (nSPS) is 13.2. The van der Waals surface area contributed by atoms with Crippen LogP contribution < -0.4 is 26.4 Å². The number of pyridine rings is 1. The van der Waals surface area contributed by atoms with Gasteiger partial charge in [0.25, 0.3) is 0 Å². The van der Waals surface area contributed by atoms with Crippen molar-refractivity contribution in [3.05, 3.63) is 183 Å². The highest BCUT2D eigenvalue weighted by molar-refractivity contribution is 7.20. The lowest BCUT2D eigenvalue weighted by Gasteiger charge is -2.46. The highest BCUT2D eigenvalue weighted by atomic mass is 19.4. The van der Waals surface area contributed by atoms with Gasteiger partial charge in [-0.05, 0) is 36.4 Å². The first-order valence-electron chi connectivity index (χ1n) is 20.5. The fraction of sp³-hybridized carbons (Fsp3) is 0.213. The molecule has 408 valence electrons. The largest absolute Gasteiger partial charge is 0.465 e. The van der Waals surface area contributed by atoms with Crippen LogP contribution in [0.1, 0.15) is 65.2 Å². The molecule has 4 nitrogen and oxygen atoms in total. The smallest absolute Gasteiger partial charge is 0.416 e. The standard InChI is InChI=1S/C32H12BF24.C15H14NO3/c34-25(35,36)13-1-14(26(37,38)39)6-21(5-13)33(22-7-15(27(40,41)42)2-16(8-22)28(43,44)45,23-9-17(29(46,47)48)3-18(10-23)30(49,50)51)24-11-19(31(52,53)54)4-20(12-24)32(55,56)57;1-19-15(18)13-7-5-6-12(10-13)14(17)11-16-8-3-2-4-9-16/h1-12H;2-10H,11H2,1H3/q-1;+1. The molecule has 29 heteroatoms. The molecule has 0 bridgehead atoms. The third-order valence-electron chi connectivity index (χ3n) is 11.1. The molecule has 0 aliphatic heterocycles. The molecule has 0 aliphatic carbocycles. The van der Waals surface area contributed by atoms with E-state index in [1.165, 1.54) is 7.11 Å². The first-order chi connectivity index (χ1) is 34.5. The molecule has 0 atom stereocenters. The van der Waals surface area contributed by atoms with Gasteiger partial charge in [0.15, 0.2) is 12.4 Å². The summed E-state index contributed by atoms with van der Waals surface area (Å²) in [5.41, 5.74) is -29.3. The van der Waals surface area contributed by atoms with Gasteiger partial charge in [-0.25, -0.2) is 4.79 Å². The number of ketones is 1. The van der Waals surface area contributed by atoms with Crippen LogP contribution >= 0.6 is 0 Å². The lowest BCUT2D eigenvalue weighted by atomic mass is 9.12. The number of hydrogen-bond acceptors (Lipinski definition) is 3. The molecule has 6 rings (SSSR count). The van der Waals surface area contributed by atoms with Crippen LogP contribution in [-0.2, 0) is 60.7 Å². The number of carbonyl (C=O) groups is 2. The van der Waals surface area contributed by atoms with Crippen molar-refractivity contribution in [3.8, 4) is 0 Å². The summed E-state index contributed by atoms with van der Waals surface area (Å²) in [5, 5.41) is 0. The summed E-state index contributed by atoms with van der Waals surface area (Å²) >= 11 is 0. The van der Waals surface area contributed by atoms with Gasteiger partial charge in [0.05, 0.1) is 57.2 Å². The molecule has 0 spiro atoms. The number of rotatable bonds is 8. The molecular weight excluding hydrogens is 1090 g/mol. The highest BCUT2D eigenvalue weighted by Crippen LogP contribution is 2.41. The molecule has 0 amide bonds. The van der Waals surface area contributed by atoms with Gasteiger partial charge in [-0.3, -0.25) is 4.79 Å². The minimum atomic E-state index is -6.13. The van der Waals surface area contributed by atoms with Crippen molar-refractivity contribution in [2.45, 2.75) is 56.0 Å². The molecule has 1 aromatic heterocycles. The number of aromatic nitrogens is 1. The molecule has 0 N–H and O–H groups in total. The first kappa shape index (κ1) is 59.6. The molecule has 0 aliphatic rings. The summed E-state index contributed by atoms with van der Waals surface area (Å²) in [6, 6.07) is 3.34. The van der Waals surface area contributed by atoms with E-state index in [0.717, 1.165) is 0 Å². The van der Waals surface area contributed by atoms with E-state index in [2.05, 4.69) is 4.74 Å². The molecule has 0 fully saturated rings. The van der Waals surface area contributed by atoms with E-state index in [9.17, 15) is 115 Å². The van der Waals surface area contributed by atoms with Crippen LogP contribution in [0.3, 0.4) is 0 Å². The number of methoxy groups -OCH3 is 1. The predicted octanol–water partition coefficient (Wildman–Crippen LogP) is 12.9. The van der Waals surface area contributed by atoms with Gasteiger partial charge in [-0.15, -0.1) is 0 Å². The zero-order valence-corrected chi connectivity index (χ0v) is 37.2. The molecule has 5 aromatic carbocycles. The summed E-state index contributed by atoms with van der Waals surface area (Å²) in [6.07, 6.45) is -51.2. The maximum absolute atomic E-state index is 14.2. The Morgan fingerprint density at radius 1 is 0.368 bits per heavy atom. The quantitative estimate of drug-likeness (QED) is 0.0502. The Balaban J connectivity index is 0.000000468. The number of alkyl halides is 24. The Hall–Kier alpha value is -7.23. The zero-order chi connectivity index (χ0) is 57.6. The minimum absolute atomic E-state index is 0.0537. The van der Waals surface area contributed by atoms with Crippen LogP contribution in [0.5, 0.6) is 0 Å². The topological polar surface area (TPSA) is 47.3 Å². The second kappa shape index (κ2) is 20.7. The summed E-state index contributed by atoms with van der Waals surface area (Å²) < 4.78 is 347. The average molecular weight is 1120 g/mol. The van der Waals surface area contributed by atoms with Gasteiger partial charge < -0.3 is 4.74 Å². The van der Waals surface area contributed by atoms with Crippen molar-refractivity contribution in [2.75, 3.05) is 7.11 Å². The summed E-state index contributed by atoms with van der Waals surface area (Å²) in [4.78, 5) is 23.5. The minimum Gasteiger partial charge on any atom is -0.465 e. The molecule has 76 heavy (non-hydrogen) atoms. The van der Waals surface area contributed by atoms with Crippen molar-refractivity contribution in [1.82, 2.24) is 0 Å². The Kier molecular flexibility index (Phi) is 16.3. The van der Waals surface area contributed by atoms with E-state index in [-0.39, 0.29) is 12.3 Å². The average Bonchev–Trinajstić information content (AvgIpc) is 3.29. The maximum Gasteiger partial charge on any atom is 0.416 e. The number of hydrogen-bond donors (Lipinski definition) is 0. The summed E-state index contributed by atoms with van der Waals surface area (Å²) in [5.74, 6) is -0.496. The Morgan fingerprint density at radius 3 is 0.855 bits per heavy atom. The molecule has 1 heterocycles. The first-order valence-corrected chi connectivity index (χ1v) is 20.5. The van der Waals surface area contributed by atoms with Crippen LogP contribution in [0.4, 0.5) is 105 Å². The van der Waals surface area contributed by atoms with Gasteiger partial charge in [0.2, 0.25) is 12.3 Å². The number of ether oxygens (including phenoxy) is 1. The molecule has 6 aromatic rings. The molecule has 0 saturated heterocycles. The van der Waals surface area contributed by atoms with E-state index >= 15 is 0 Å². The van der Waals surface area contributed by atoms with E-state index in [1.807, 2.05) is 30.6 Å². The van der Waals surface area contributed by atoms with Crippen molar-refractivity contribution in [3.63, 3.8) is 0 Å². The maximum atomic E-state index is 14.2. The second-order valence-electron chi connectivity index (χ2n) is 16.3. The van der Waals surface area contributed by atoms with Gasteiger partial charge in [0.1, 0.15) is 6.15 Å². The van der Waals surface area contributed by atoms with Gasteiger partial charge in [0, 0.05) is 17.7 Å². The second-order valence-corrected chi connectivity index (χ2v) is 16.3. The van der Waals surface area contributed by atoms with Crippen molar-refractivity contribution in [1.29, 1.82) is 0 Å². The third kappa shape index (κ3) is 13.8. The van der Waals surface area contributed by atoms with E-state index in [4.69, 9.17) is 0 Å². The predicted molar refractivity (Wildman–Crippen MR) is 219 cm³/mol. The molecule has 0 unspecified atom stereocenters. The van der Waals surface area contributed by atoms with E-state index in [1.54, 1.807) is 28.8 Å². The van der Waals surface area contributed by atoms with Gasteiger partial charge in [-0.2, -0.15) is 132 Å². The monoisotopic (exact) mass is 1120 g/mol. The fourth-order valence-corrected chi connectivity index (χ4v) is 7.80. The zero-order valence-electron chi connectivity index (χ0n) is 37.2. The van der Waals surface area contributed by atoms with Crippen LogP contribution in [0.15, 0.2) is 128 Å². The highest BCUT2D eigenvalue weighted by Gasteiger charge is 2.47. The molecular formula is C47H26BF24NO3. The Labute approximate surface area is 410 Å². The Morgan fingerprint density at radius 2 is 0.618 bits per heavy atom. The number of carbonyl (C=O) groups excluding carboxylic acids is 2. The number of halogens is 24. The summed E-state index contributed by atoms with van der Waals surface area (Å²) in [6.45, 7) is 0.242. The number of esters is 1. The van der Waals surface area contributed by atoms with Crippen molar-refractivity contribution in [2.24, 2.45) is 0 Å². The SMILES string of the molecule is COC(=O)c1cccc(C(=O)C[n+]2ccccc2)c1.FC(F)(F)c1cc([B-](c2cc(C(F)(F)F)cc(C(F)(F)F)c2)(c2cc(C(F)(F)F)cc(C(F)(F)F)c2)c2cc(C(F)(F)F)cc(C(F)(F)F)c2)cc(C(F)(F)F)c1. The lowest BCUT2D eigenvalue weighted by molar-refractivity contribution is -0.683. The molecule has 0 radical (unpaired) electrons. The third-order valence-corrected chi connectivity index (χ3v) is 11.1. The van der Waals surface area contributed by atoms with Crippen molar-refractivity contribution < 1.29 is 124 Å². The van der Waals surface area contributed by atoms with Crippen LogP contribution in [-0.4, -0.2) is 25.0 Å². The van der Waals surface area contributed by atoms with Crippen molar-refractivity contribution >= 4 is 39.7 Å². The number of nitrogens with zero attached hydrogens (tertiary/aromatic N) is 1. The Bertz CT molecular complexity index is 2650.